The van der Waals surface area contributed by atoms with Gasteiger partial charge in [-0.25, -0.2) is 0 Å². The minimum atomic E-state index is -4.79. The fourth-order valence-corrected chi connectivity index (χ4v) is 1.51. The quantitative estimate of drug-likeness (QED) is 0.566. The summed E-state index contributed by atoms with van der Waals surface area (Å²) in [5.41, 5.74) is -0.0288. The summed E-state index contributed by atoms with van der Waals surface area (Å²) in [6.07, 6.45) is -2.50. The SMILES string of the molecule is [CH2]CCCCC(=O)c1ccccc1OC(F)(F)F. The molecule has 0 heterocycles. The summed E-state index contributed by atoms with van der Waals surface area (Å²) in [5.74, 6) is -0.784. The Hall–Kier alpha value is -1.52. The molecule has 0 aliphatic rings. The number of rotatable bonds is 6. The topological polar surface area (TPSA) is 26.3 Å². The Labute approximate surface area is 104 Å². The summed E-state index contributed by atoms with van der Waals surface area (Å²) in [6, 6.07) is 5.39. The number of benzene rings is 1. The zero-order valence-corrected chi connectivity index (χ0v) is 9.80. The van der Waals surface area contributed by atoms with E-state index in [1.807, 2.05) is 0 Å². The highest BCUT2D eigenvalue weighted by Gasteiger charge is 2.32. The van der Waals surface area contributed by atoms with Gasteiger partial charge in [0.2, 0.25) is 0 Å². The Morgan fingerprint density at radius 3 is 2.50 bits per heavy atom. The Kier molecular flexibility index (Phi) is 5.19. The normalized spacial score (nSPS) is 11.3. The Balaban J connectivity index is 2.78. The number of unbranched alkanes of at least 4 members (excludes halogenated alkanes) is 2. The van der Waals surface area contributed by atoms with Crippen molar-refractivity contribution in [2.75, 3.05) is 0 Å². The van der Waals surface area contributed by atoms with Crippen molar-refractivity contribution < 1.29 is 22.7 Å². The average Bonchev–Trinajstić information content (AvgIpc) is 2.27. The van der Waals surface area contributed by atoms with Crippen LogP contribution < -0.4 is 4.74 Å². The fourth-order valence-electron chi connectivity index (χ4n) is 1.51. The first-order chi connectivity index (χ1) is 8.44. The Bertz CT molecular complexity index is 399. The largest absolute Gasteiger partial charge is 0.573 e. The molecule has 1 radical (unpaired) electrons. The van der Waals surface area contributed by atoms with E-state index in [2.05, 4.69) is 11.7 Å². The molecule has 99 valence electrons. The second-order valence-corrected chi connectivity index (χ2v) is 3.78. The maximum atomic E-state index is 12.1. The van der Waals surface area contributed by atoms with E-state index in [9.17, 15) is 18.0 Å². The van der Waals surface area contributed by atoms with E-state index < -0.39 is 12.1 Å². The third-order valence-corrected chi connectivity index (χ3v) is 2.32. The number of halogens is 3. The second-order valence-electron chi connectivity index (χ2n) is 3.78. The molecule has 0 saturated heterocycles. The average molecular weight is 259 g/mol. The lowest BCUT2D eigenvalue weighted by molar-refractivity contribution is -0.274. The van der Waals surface area contributed by atoms with Crippen LogP contribution in [0.2, 0.25) is 0 Å². The molecular weight excluding hydrogens is 245 g/mol. The Morgan fingerprint density at radius 1 is 1.22 bits per heavy atom. The number of hydrogen-bond acceptors (Lipinski definition) is 2. The first-order valence-corrected chi connectivity index (χ1v) is 5.61. The van der Waals surface area contributed by atoms with Gasteiger partial charge in [-0.2, -0.15) is 0 Å². The molecule has 0 aliphatic carbocycles. The van der Waals surface area contributed by atoms with E-state index >= 15 is 0 Å². The smallest absolute Gasteiger partial charge is 0.405 e. The fraction of sp³-hybridized carbons (Fsp3) is 0.385. The van der Waals surface area contributed by atoms with Crippen molar-refractivity contribution >= 4 is 5.78 Å². The number of alkyl halides is 3. The molecule has 1 rings (SSSR count). The highest BCUT2D eigenvalue weighted by Crippen LogP contribution is 2.27. The van der Waals surface area contributed by atoms with Gasteiger partial charge in [0.15, 0.2) is 5.78 Å². The van der Waals surface area contributed by atoms with Crippen LogP contribution in [0.15, 0.2) is 24.3 Å². The third kappa shape index (κ3) is 4.77. The van der Waals surface area contributed by atoms with Crippen LogP contribution in [0, 0.1) is 6.92 Å². The van der Waals surface area contributed by atoms with Crippen LogP contribution in [0.1, 0.15) is 36.0 Å². The van der Waals surface area contributed by atoms with E-state index in [1.165, 1.54) is 18.2 Å². The van der Waals surface area contributed by atoms with E-state index in [0.29, 0.717) is 12.8 Å². The molecule has 0 fully saturated rings. The summed E-state index contributed by atoms with van der Waals surface area (Å²) in [6.45, 7) is 3.64. The highest BCUT2D eigenvalue weighted by atomic mass is 19.4. The zero-order valence-electron chi connectivity index (χ0n) is 9.80. The van der Waals surface area contributed by atoms with Crippen LogP contribution >= 0.6 is 0 Å². The first kappa shape index (κ1) is 14.5. The summed E-state index contributed by atoms with van der Waals surface area (Å²) < 4.78 is 40.3. The van der Waals surface area contributed by atoms with Crippen molar-refractivity contribution in [3.8, 4) is 5.75 Å². The van der Waals surface area contributed by atoms with E-state index in [1.54, 1.807) is 0 Å². The minimum Gasteiger partial charge on any atom is -0.405 e. The van der Waals surface area contributed by atoms with Crippen LogP contribution in [0.5, 0.6) is 5.75 Å². The van der Waals surface area contributed by atoms with Crippen molar-refractivity contribution in [1.29, 1.82) is 0 Å². The summed E-state index contributed by atoms with van der Waals surface area (Å²) in [7, 11) is 0. The van der Waals surface area contributed by atoms with Crippen molar-refractivity contribution in [3.05, 3.63) is 36.8 Å². The van der Waals surface area contributed by atoms with Gasteiger partial charge in [0.25, 0.3) is 0 Å². The van der Waals surface area contributed by atoms with Gasteiger partial charge in [-0.1, -0.05) is 31.9 Å². The lowest BCUT2D eigenvalue weighted by Crippen LogP contribution is -2.19. The molecule has 1 aromatic rings. The van der Waals surface area contributed by atoms with E-state index in [-0.39, 0.29) is 17.8 Å². The maximum Gasteiger partial charge on any atom is 0.573 e. The molecule has 0 saturated carbocycles. The van der Waals surface area contributed by atoms with Crippen molar-refractivity contribution in [3.63, 3.8) is 0 Å². The highest BCUT2D eigenvalue weighted by molar-refractivity contribution is 5.98. The number of hydrogen-bond donors (Lipinski definition) is 0. The number of ketones is 1. The van der Waals surface area contributed by atoms with Gasteiger partial charge >= 0.3 is 6.36 Å². The predicted molar refractivity (Wildman–Crippen MR) is 61.3 cm³/mol. The van der Waals surface area contributed by atoms with Crippen LogP contribution in [0.4, 0.5) is 13.2 Å². The van der Waals surface area contributed by atoms with E-state index in [4.69, 9.17) is 0 Å². The summed E-state index contributed by atoms with van der Waals surface area (Å²) in [5, 5.41) is 0. The monoisotopic (exact) mass is 259 g/mol. The van der Waals surface area contributed by atoms with Crippen LogP contribution in [0.3, 0.4) is 0 Å². The molecule has 1 aromatic carbocycles. The number of carbonyl (C=O) groups excluding carboxylic acids is 1. The van der Waals surface area contributed by atoms with Crippen LogP contribution in [0.25, 0.3) is 0 Å². The molecule has 0 spiro atoms. The Morgan fingerprint density at radius 2 is 1.89 bits per heavy atom. The molecule has 0 aliphatic heterocycles. The number of ether oxygens (including phenoxy) is 1. The minimum absolute atomic E-state index is 0.0288. The van der Waals surface area contributed by atoms with Crippen LogP contribution in [-0.2, 0) is 0 Å². The van der Waals surface area contributed by atoms with Gasteiger partial charge in [0.1, 0.15) is 5.75 Å². The molecular formula is C13H14F3O2. The van der Waals surface area contributed by atoms with Gasteiger partial charge in [-0.15, -0.1) is 13.2 Å². The molecule has 0 unspecified atom stereocenters. The number of para-hydroxylation sites is 1. The molecule has 0 N–H and O–H groups in total. The molecule has 0 aromatic heterocycles. The third-order valence-electron chi connectivity index (χ3n) is 2.32. The first-order valence-electron chi connectivity index (χ1n) is 5.61. The standard InChI is InChI=1S/C13H14F3O2/c1-2-3-4-8-11(17)10-7-5-6-9-12(10)18-13(14,15)16/h5-7,9H,1-4,8H2. The number of Topliss-reactive ketones (excluding diaryl/α,β-unsaturated/α-hetero) is 1. The van der Waals surface area contributed by atoms with Crippen molar-refractivity contribution in [1.82, 2.24) is 0 Å². The zero-order chi connectivity index (χ0) is 13.6. The van der Waals surface area contributed by atoms with Crippen molar-refractivity contribution in [2.24, 2.45) is 0 Å². The van der Waals surface area contributed by atoms with Crippen LogP contribution in [-0.4, -0.2) is 12.1 Å². The summed E-state index contributed by atoms with van der Waals surface area (Å²) >= 11 is 0. The van der Waals surface area contributed by atoms with Crippen molar-refractivity contribution in [2.45, 2.75) is 32.0 Å². The van der Waals surface area contributed by atoms with Gasteiger partial charge in [-0.3, -0.25) is 4.79 Å². The van der Waals surface area contributed by atoms with Gasteiger partial charge in [0, 0.05) is 6.42 Å². The molecule has 0 amide bonds. The lowest BCUT2D eigenvalue weighted by atomic mass is 10.0. The molecule has 18 heavy (non-hydrogen) atoms. The van der Waals surface area contributed by atoms with E-state index in [0.717, 1.165) is 12.5 Å². The summed E-state index contributed by atoms with van der Waals surface area (Å²) in [4.78, 5) is 11.8. The van der Waals surface area contributed by atoms with Gasteiger partial charge in [0.05, 0.1) is 5.56 Å². The lowest BCUT2D eigenvalue weighted by Gasteiger charge is -2.12. The number of carbonyl (C=O) groups is 1. The maximum absolute atomic E-state index is 12.1. The van der Waals surface area contributed by atoms with Gasteiger partial charge in [-0.05, 0) is 18.6 Å². The molecule has 2 nitrogen and oxygen atoms in total. The predicted octanol–water partition coefficient (Wildman–Crippen LogP) is 4.16. The molecule has 0 bridgehead atoms. The van der Waals surface area contributed by atoms with Gasteiger partial charge < -0.3 is 4.74 Å². The molecule has 5 heteroatoms. The second kappa shape index (κ2) is 6.42. The molecule has 0 atom stereocenters.